The Bertz CT molecular complexity index is 426. The summed E-state index contributed by atoms with van der Waals surface area (Å²) in [4.78, 5) is 14.8. The zero-order valence-corrected chi connectivity index (χ0v) is 12.6. The van der Waals surface area contributed by atoms with Crippen LogP contribution < -0.4 is 5.73 Å². The van der Waals surface area contributed by atoms with Gasteiger partial charge in [0.25, 0.3) is 0 Å². The summed E-state index contributed by atoms with van der Waals surface area (Å²) in [5.74, 6) is 0.841. The Hall–Kier alpha value is -1.35. The third-order valence-electron chi connectivity index (χ3n) is 4.02. The fraction of sp³-hybridized carbons (Fsp3) is 0.588. The second-order valence-electron chi connectivity index (χ2n) is 6.15. The minimum atomic E-state index is -0.0986. The van der Waals surface area contributed by atoms with E-state index in [9.17, 15) is 4.79 Å². The number of carbonyl (C=O) groups excluding carboxylic acids is 1. The Morgan fingerprint density at radius 1 is 1.30 bits per heavy atom. The van der Waals surface area contributed by atoms with E-state index in [1.807, 2.05) is 23.1 Å². The van der Waals surface area contributed by atoms with Gasteiger partial charge in [0.2, 0.25) is 5.91 Å². The molecule has 1 unspecified atom stereocenters. The van der Waals surface area contributed by atoms with E-state index < -0.39 is 0 Å². The van der Waals surface area contributed by atoms with Crippen LogP contribution in [0.5, 0.6) is 0 Å². The summed E-state index contributed by atoms with van der Waals surface area (Å²) in [7, 11) is 0. The topological polar surface area (TPSA) is 46.3 Å². The number of hydrogen-bond acceptors (Lipinski definition) is 2. The van der Waals surface area contributed by atoms with Gasteiger partial charge < -0.3 is 10.6 Å². The lowest BCUT2D eigenvalue weighted by molar-refractivity contribution is -0.137. The second kappa shape index (κ2) is 6.89. The highest BCUT2D eigenvalue weighted by molar-refractivity contribution is 5.79. The highest BCUT2D eigenvalue weighted by Crippen LogP contribution is 2.31. The molecular formula is C17H26N2O. The molecule has 0 spiro atoms. The Morgan fingerprint density at radius 3 is 2.45 bits per heavy atom. The van der Waals surface area contributed by atoms with E-state index in [0.29, 0.717) is 6.54 Å². The molecule has 1 fully saturated rings. The SMILES string of the molecule is CC(C)N(CC1CC1)C(=O)C(CN)Cc1ccccc1. The first-order valence-electron chi connectivity index (χ1n) is 7.66. The number of hydrogen-bond donors (Lipinski definition) is 1. The van der Waals surface area contributed by atoms with Gasteiger partial charge in [0.05, 0.1) is 5.92 Å². The van der Waals surface area contributed by atoms with Gasteiger partial charge in [0.15, 0.2) is 0 Å². The molecule has 1 aromatic carbocycles. The Balaban J connectivity index is 2.02. The van der Waals surface area contributed by atoms with Gasteiger partial charge in [0.1, 0.15) is 0 Å². The zero-order valence-electron chi connectivity index (χ0n) is 12.6. The van der Waals surface area contributed by atoms with Crippen molar-refractivity contribution in [3.05, 3.63) is 35.9 Å². The van der Waals surface area contributed by atoms with Crippen LogP contribution in [0.15, 0.2) is 30.3 Å². The van der Waals surface area contributed by atoms with Gasteiger partial charge >= 0.3 is 0 Å². The Kier molecular flexibility index (Phi) is 5.18. The summed E-state index contributed by atoms with van der Waals surface area (Å²) in [6, 6.07) is 10.4. The lowest BCUT2D eigenvalue weighted by Gasteiger charge is -2.30. The molecule has 110 valence electrons. The smallest absolute Gasteiger partial charge is 0.227 e. The van der Waals surface area contributed by atoms with E-state index in [0.717, 1.165) is 18.9 Å². The van der Waals surface area contributed by atoms with E-state index in [1.54, 1.807) is 0 Å². The number of rotatable bonds is 7. The molecule has 0 aliphatic heterocycles. The zero-order chi connectivity index (χ0) is 14.5. The molecule has 0 heterocycles. The average molecular weight is 274 g/mol. The van der Waals surface area contributed by atoms with Crippen LogP contribution in [-0.2, 0) is 11.2 Å². The molecule has 0 saturated heterocycles. The first-order valence-corrected chi connectivity index (χ1v) is 7.66. The van der Waals surface area contributed by atoms with Crippen molar-refractivity contribution in [3.63, 3.8) is 0 Å². The van der Waals surface area contributed by atoms with Crippen LogP contribution in [-0.4, -0.2) is 29.9 Å². The molecule has 1 amide bonds. The highest BCUT2D eigenvalue weighted by Gasteiger charge is 2.31. The number of amides is 1. The van der Waals surface area contributed by atoms with Gasteiger partial charge in [-0.05, 0) is 44.6 Å². The predicted octanol–water partition coefficient (Wildman–Crippen LogP) is 2.45. The summed E-state index contributed by atoms with van der Waals surface area (Å²) >= 11 is 0. The van der Waals surface area contributed by atoms with Crippen molar-refractivity contribution in [1.29, 1.82) is 0 Å². The van der Waals surface area contributed by atoms with Gasteiger partial charge in [-0.25, -0.2) is 0 Å². The lowest BCUT2D eigenvalue weighted by Crippen LogP contribution is -2.44. The van der Waals surface area contributed by atoms with E-state index >= 15 is 0 Å². The summed E-state index contributed by atoms with van der Waals surface area (Å²) in [6.45, 7) is 5.51. The lowest BCUT2D eigenvalue weighted by atomic mass is 9.97. The maximum absolute atomic E-state index is 12.7. The molecule has 0 radical (unpaired) electrons. The fourth-order valence-electron chi connectivity index (χ4n) is 2.54. The highest BCUT2D eigenvalue weighted by atomic mass is 16.2. The van der Waals surface area contributed by atoms with Crippen molar-refractivity contribution in [2.75, 3.05) is 13.1 Å². The van der Waals surface area contributed by atoms with Gasteiger partial charge in [-0.3, -0.25) is 4.79 Å². The number of benzene rings is 1. The van der Waals surface area contributed by atoms with Gasteiger partial charge in [-0.2, -0.15) is 0 Å². The van der Waals surface area contributed by atoms with E-state index in [1.165, 1.54) is 18.4 Å². The molecule has 1 saturated carbocycles. The molecule has 1 aliphatic carbocycles. The van der Waals surface area contributed by atoms with Crippen LogP contribution in [0, 0.1) is 11.8 Å². The van der Waals surface area contributed by atoms with Crippen LogP contribution in [0.2, 0.25) is 0 Å². The minimum Gasteiger partial charge on any atom is -0.340 e. The van der Waals surface area contributed by atoms with Crippen molar-refractivity contribution >= 4 is 5.91 Å². The summed E-state index contributed by atoms with van der Waals surface area (Å²) < 4.78 is 0. The molecule has 2 N–H and O–H groups in total. The maximum atomic E-state index is 12.7. The first kappa shape index (κ1) is 15.0. The number of nitrogens with two attached hydrogens (primary N) is 1. The van der Waals surface area contributed by atoms with Crippen molar-refractivity contribution < 1.29 is 4.79 Å². The summed E-state index contributed by atoms with van der Waals surface area (Å²) in [6.07, 6.45) is 3.27. The first-order chi connectivity index (χ1) is 9.61. The molecule has 2 rings (SSSR count). The van der Waals surface area contributed by atoms with Crippen LogP contribution >= 0.6 is 0 Å². The van der Waals surface area contributed by atoms with Crippen LogP contribution in [0.4, 0.5) is 0 Å². The number of carbonyl (C=O) groups is 1. The van der Waals surface area contributed by atoms with E-state index in [2.05, 4.69) is 26.0 Å². The van der Waals surface area contributed by atoms with Gasteiger partial charge in [-0.1, -0.05) is 30.3 Å². The molecular weight excluding hydrogens is 248 g/mol. The quantitative estimate of drug-likeness (QED) is 0.830. The molecule has 20 heavy (non-hydrogen) atoms. The van der Waals surface area contributed by atoms with Gasteiger partial charge in [0, 0.05) is 19.1 Å². The third kappa shape index (κ3) is 4.07. The Labute approximate surface area is 122 Å². The van der Waals surface area contributed by atoms with Crippen LogP contribution in [0.1, 0.15) is 32.3 Å². The monoisotopic (exact) mass is 274 g/mol. The van der Waals surface area contributed by atoms with E-state index in [4.69, 9.17) is 5.73 Å². The normalized spacial score (nSPS) is 16.2. The largest absolute Gasteiger partial charge is 0.340 e. The van der Waals surface area contributed by atoms with Crippen molar-refractivity contribution in [2.45, 2.75) is 39.2 Å². The van der Waals surface area contributed by atoms with Crippen LogP contribution in [0.3, 0.4) is 0 Å². The molecule has 0 bridgehead atoms. The predicted molar refractivity (Wildman–Crippen MR) is 82.3 cm³/mol. The van der Waals surface area contributed by atoms with E-state index in [-0.39, 0.29) is 17.9 Å². The standard InChI is InChI=1S/C17H26N2O/c1-13(2)19(12-15-8-9-15)17(20)16(11-18)10-14-6-4-3-5-7-14/h3-7,13,15-16H,8-12,18H2,1-2H3. The average Bonchev–Trinajstić information content (AvgIpc) is 3.26. The fourth-order valence-corrected chi connectivity index (χ4v) is 2.54. The Morgan fingerprint density at radius 2 is 1.95 bits per heavy atom. The summed E-state index contributed by atoms with van der Waals surface area (Å²) in [5.41, 5.74) is 7.04. The van der Waals surface area contributed by atoms with Crippen molar-refractivity contribution in [3.8, 4) is 0 Å². The minimum absolute atomic E-state index is 0.0986. The molecule has 1 atom stereocenters. The third-order valence-corrected chi connectivity index (χ3v) is 4.02. The van der Waals surface area contributed by atoms with Crippen molar-refractivity contribution in [1.82, 2.24) is 4.90 Å². The van der Waals surface area contributed by atoms with Crippen molar-refractivity contribution in [2.24, 2.45) is 17.6 Å². The molecule has 1 aliphatic rings. The molecule has 3 heteroatoms. The van der Waals surface area contributed by atoms with Gasteiger partial charge in [-0.15, -0.1) is 0 Å². The maximum Gasteiger partial charge on any atom is 0.227 e. The molecule has 1 aromatic rings. The molecule has 0 aromatic heterocycles. The number of nitrogens with zero attached hydrogens (tertiary/aromatic N) is 1. The second-order valence-corrected chi connectivity index (χ2v) is 6.15. The molecule has 3 nitrogen and oxygen atoms in total. The van der Waals surface area contributed by atoms with Crippen LogP contribution in [0.25, 0.3) is 0 Å². The summed E-state index contributed by atoms with van der Waals surface area (Å²) in [5, 5.41) is 0.